The predicted octanol–water partition coefficient (Wildman–Crippen LogP) is -0.506. The van der Waals surface area contributed by atoms with E-state index < -0.39 is 6.03 Å². The quantitative estimate of drug-likeness (QED) is 0.612. The van der Waals surface area contributed by atoms with Crippen LogP contribution in [0.5, 0.6) is 0 Å². The molecule has 0 bridgehead atoms. The van der Waals surface area contributed by atoms with Crippen LogP contribution in [0.3, 0.4) is 0 Å². The van der Waals surface area contributed by atoms with Crippen molar-refractivity contribution in [2.75, 3.05) is 13.2 Å². The SMILES string of the molecule is NC(=O)n1nnnc1C1CCOCC1. The minimum absolute atomic E-state index is 0.172. The molecule has 1 aromatic rings. The van der Waals surface area contributed by atoms with Crippen LogP contribution in [0.2, 0.25) is 0 Å². The summed E-state index contributed by atoms with van der Waals surface area (Å²) in [5, 5.41) is 10.8. The summed E-state index contributed by atoms with van der Waals surface area (Å²) in [4.78, 5) is 10.9. The highest BCUT2D eigenvalue weighted by molar-refractivity contribution is 5.73. The molecule has 0 unspecified atom stereocenters. The third-order valence-corrected chi connectivity index (χ3v) is 2.29. The van der Waals surface area contributed by atoms with Gasteiger partial charge in [-0.1, -0.05) is 0 Å². The lowest BCUT2D eigenvalue weighted by molar-refractivity contribution is 0.0829. The van der Waals surface area contributed by atoms with E-state index in [1.54, 1.807) is 0 Å². The highest BCUT2D eigenvalue weighted by atomic mass is 16.5. The molecule has 1 saturated heterocycles. The van der Waals surface area contributed by atoms with Gasteiger partial charge in [0.05, 0.1) is 0 Å². The van der Waals surface area contributed by atoms with Crippen molar-refractivity contribution in [3.63, 3.8) is 0 Å². The van der Waals surface area contributed by atoms with Gasteiger partial charge in [0, 0.05) is 19.1 Å². The van der Waals surface area contributed by atoms with E-state index in [0.717, 1.165) is 17.5 Å². The first-order chi connectivity index (χ1) is 6.79. The number of nitrogens with two attached hydrogens (primary N) is 1. The van der Waals surface area contributed by atoms with Gasteiger partial charge in [-0.3, -0.25) is 0 Å². The smallest absolute Gasteiger partial charge is 0.342 e. The van der Waals surface area contributed by atoms with Gasteiger partial charge >= 0.3 is 6.03 Å². The number of ether oxygens (including phenoxy) is 1. The topological polar surface area (TPSA) is 95.9 Å². The Hall–Kier alpha value is -1.50. The number of carbonyl (C=O) groups is 1. The minimum Gasteiger partial charge on any atom is -0.381 e. The number of amides is 1. The van der Waals surface area contributed by atoms with E-state index in [2.05, 4.69) is 15.5 Å². The molecule has 1 aliphatic heterocycles. The van der Waals surface area contributed by atoms with Crippen LogP contribution in [-0.2, 0) is 4.74 Å². The number of rotatable bonds is 1. The summed E-state index contributed by atoms with van der Waals surface area (Å²) < 4.78 is 6.26. The molecule has 1 amide bonds. The number of aromatic nitrogens is 4. The van der Waals surface area contributed by atoms with Crippen molar-refractivity contribution >= 4 is 6.03 Å². The molecular formula is C7H11N5O2. The first kappa shape index (κ1) is 9.07. The monoisotopic (exact) mass is 197 g/mol. The summed E-state index contributed by atoms with van der Waals surface area (Å²) in [7, 11) is 0. The maximum atomic E-state index is 10.9. The van der Waals surface area contributed by atoms with Gasteiger partial charge in [-0.2, -0.15) is 0 Å². The zero-order valence-electron chi connectivity index (χ0n) is 7.59. The van der Waals surface area contributed by atoms with Crippen molar-refractivity contribution in [1.82, 2.24) is 20.2 Å². The molecule has 14 heavy (non-hydrogen) atoms. The van der Waals surface area contributed by atoms with Crippen molar-refractivity contribution in [3.05, 3.63) is 5.82 Å². The Morgan fingerprint density at radius 2 is 2.21 bits per heavy atom. The number of tetrazole rings is 1. The van der Waals surface area contributed by atoms with E-state index in [0.29, 0.717) is 19.0 Å². The fourth-order valence-electron chi connectivity index (χ4n) is 1.56. The second-order valence-electron chi connectivity index (χ2n) is 3.17. The summed E-state index contributed by atoms with van der Waals surface area (Å²) in [5.74, 6) is 0.715. The van der Waals surface area contributed by atoms with Gasteiger partial charge in [0.1, 0.15) is 0 Å². The Morgan fingerprint density at radius 3 is 2.86 bits per heavy atom. The molecule has 0 radical (unpaired) electrons. The molecule has 76 valence electrons. The Balaban J connectivity index is 2.21. The summed E-state index contributed by atoms with van der Waals surface area (Å²) in [5.41, 5.74) is 5.12. The van der Waals surface area contributed by atoms with Crippen LogP contribution < -0.4 is 5.73 Å². The van der Waals surface area contributed by atoms with E-state index in [1.165, 1.54) is 0 Å². The Bertz CT molecular complexity index is 331. The molecule has 0 atom stereocenters. The normalized spacial score (nSPS) is 18.3. The number of carbonyl (C=O) groups excluding carboxylic acids is 1. The maximum absolute atomic E-state index is 10.9. The third-order valence-electron chi connectivity index (χ3n) is 2.29. The average molecular weight is 197 g/mol. The van der Waals surface area contributed by atoms with Crippen LogP contribution in [0, 0.1) is 0 Å². The van der Waals surface area contributed by atoms with Gasteiger partial charge in [-0.25, -0.2) is 4.79 Å². The zero-order chi connectivity index (χ0) is 9.97. The molecular weight excluding hydrogens is 186 g/mol. The first-order valence-electron chi connectivity index (χ1n) is 4.45. The molecule has 2 rings (SSSR count). The molecule has 1 aromatic heterocycles. The van der Waals surface area contributed by atoms with Crippen molar-refractivity contribution in [3.8, 4) is 0 Å². The third kappa shape index (κ3) is 1.58. The standard InChI is InChI=1S/C7H11N5O2/c8-7(13)12-6(9-10-11-12)5-1-3-14-4-2-5/h5H,1-4H2,(H2,8,13). The number of hydrogen-bond acceptors (Lipinski definition) is 5. The van der Waals surface area contributed by atoms with Crippen molar-refractivity contribution in [2.45, 2.75) is 18.8 Å². The summed E-state index contributed by atoms with van der Waals surface area (Å²) in [6.45, 7) is 1.35. The predicted molar refractivity (Wildman–Crippen MR) is 45.6 cm³/mol. The molecule has 0 aliphatic carbocycles. The van der Waals surface area contributed by atoms with Crippen molar-refractivity contribution in [2.24, 2.45) is 5.73 Å². The Kier molecular flexibility index (Phi) is 2.40. The lowest BCUT2D eigenvalue weighted by atomic mass is 10.00. The van der Waals surface area contributed by atoms with E-state index in [4.69, 9.17) is 10.5 Å². The summed E-state index contributed by atoms with van der Waals surface area (Å²) >= 11 is 0. The summed E-state index contributed by atoms with van der Waals surface area (Å²) in [6.07, 6.45) is 1.65. The molecule has 1 aliphatic rings. The fraction of sp³-hybridized carbons (Fsp3) is 0.714. The van der Waals surface area contributed by atoms with Crippen LogP contribution in [0.4, 0.5) is 4.79 Å². The highest BCUT2D eigenvalue weighted by Gasteiger charge is 2.23. The van der Waals surface area contributed by atoms with Crippen molar-refractivity contribution in [1.29, 1.82) is 0 Å². The van der Waals surface area contributed by atoms with Crippen LogP contribution in [-0.4, -0.2) is 39.5 Å². The largest absolute Gasteiger partial charge is 0.381 e. The highest BCUT2D eigenvalue weighted by Crippen LogP contribution is 2.23. The van der Waals surface area contributed by atoms with Crippen LogP contribution in [0.15, 0.2) is 0 Å². The minimum atomic E-state index is -0.642. The van der Waals surface area contributed by atoms with Gasteiger partial charge < -0.3 is 10.5 Å². The lowest BCUT2D eigenvalue weighted by Crippen LogP contribution is -2.26. The van der Waals surface area contributed by atoms with E-state index >= 15 is 0 Å². The molecule has 0 spiro atoms. The van der Waals surface area contributed by atoms with Crippen molar-refractivity contribution < 1.29 is 9.53 Å². The van der Waals surface area contributed by atoms with Gasteiger partial charge in [0.15, 0.2) is 5.82 Å². The molecule has 0 saturated carbocycles. The average Bonchev–Trinajstić information content (AvgIpc) is 2.67. The summed E-state index contributed by atoms with van der Waals surface area (Å²) in [6, 6.07) is -0.642. The first-order valence-corrected chi connectivity index (χ1v) is 4.45. The number of hydrogen-bond donors (Lipinski definition) is 1. The molecule has 2 heterocycles. The fourth-order valence-corrected chi connectivity index (χ4v) is 1.56. The van der Waals surface area contributed by atoms with Crippen LogP contribution >= 0.6 is 0 Å². The number of primary amides is 1. The molecule has 7 heteroatoms. The van der Waals surface area contributed by atoms with E-state index in [1.807, 2.05) is 0 Å². The van der Waals surface area contributed by atoms with E-state index in [-0.39, 0.29) is 5.92 Å². The lowest BCUT2D eigenvalue weighted by Gasteiger charge is -2.19. The second-order valence-corrected chi connectivity index (χ2v) is 3.17. The molecule has 2 N–H and O–H groups in total. The molecule has 7 nitrogen and oxygen atoms in total. The van der Waals surface area contributed by atoms with Gasteiger partial charge in [-0.15, -0.1) is 9.78 Å². The van der Waals surface area contributed by atoms with Gasteiger partial charge in [0.2, 0.25) is 0 Å². The molecule has 1 fully saturated rings. The van der Waals surface area contributed by atoms with Gasteiger partial charge in [-0.05, 0) is 23.3 Å². The van der Waals surface area contributed by atoms with Gasteiger partial charge in [0.25, 0.3) is 0 Å². The Labute approximate surface area is 80.2 Å². The van der Waals surface area contributed by atoms with Crippen LogP contribution in [0.1, 0.15) is 24.6 Å². The Morgan fingerprint density at radius 1 is 1.50 bits per heavy atom. The zero-order valence-corrected chi connectivity index (χ0v) is 7.59. The van der Waals surface area contributed by atoms with E-state index in [9.17, 15) is 4.79 Å². The second kappa shape index (κ2) is 3.70. The number of nitrogens with zero attached hydrogens (tertiary/aromatic N) is 4. The maximum Gasteiger partial charge on any atom is 0.342 e. The molecule has 0 aromatic carbocycles. The van der Waals surface area contributed by atoms with Crippen LogP contribution in [0.25, 0.3) is 0 Å².